The van der Waals surface area contributed by atoms with Crippen molar-refractivity contribution in [3.05, 3.63) is 0 Å². The Morgan fingerprint density at radius 2 is 1.56 bits per heavy atom. The van der Waals surface area contributed by atoms with Gasteiger partial charge in [0.25, 0.3) is 5.79 Å². The maximum Gasteiger partial charge on any atom is 0.364 e. The molecule has 0 aromatic carbocycles. The van der Waals surface area contributed by atoms with Crippen molar-refractivity contribution in [2.45, 2.75) is 104 Å². The number of amides is 1. The van der Waals surface area contributed by atoms with Crippen LogP contribution in [0.25, 0.3) is 0 Å². The average Bonchev–Trinajstić information content (AvgIpc) is 3.01. The van der Waals surface area contributed by atoms with Gasteiger partial charge in [0, 0.05) is 13.5 Å². The summed E-state index contributed by atoms with van der Waals surface area (Å²) in [6, 6.07) is -1.62. The molecule has 21 heteroatoms. The summed E-state index contributed by atoms with van der Waals surface area (Å²) in [5, 5.41) is 125. The molecule has 0 bridgehead atoms. The number of nitrogens with one attached hydrogen (secondary N) is 1. The molecule has 3 aliphatic rings. The number of ether oxygens (including phenoxy) is 6. The lowest BCUT2D eigenvalue weighted by Crippen LogP contribution is -2.71. The Balaban J connectivity index is 1.96. The zero-order valence-electron chi connectivity index (χ0n) is 23.8. The lowest BCUT2D eigenvalue weighted by atomic mass is 9.88. The van der Waals surface area contributed by atoms with Gasteiger partial charge in [-0.25, -0.2) is 4.79 Å². The number of hydrogen-bond acceptors (Lipinski definition) is 19. The van der Waals surface area contributed by atoms with Gasteiger partial charge in [-0.05, 0) is 0 Å². The topological polar surface area (TPSA) is 344 Å². The first kappa shape index (κ1) is 37.7. The van der Waals surface area contributed by atoms with Crippen LogP contribution in [0.4, 0.5) is 0 Å². The highest BCUT2D eigenvalue weighted by Crippen LogP contribution is 2.38. The molecule has 0 spiro atoms. The van der Waals surface area contributed by atoms with Gasteiger partial charge in [0.15, 0.2) is 12.6 Å². The molecule has 3 saturated heterocycles. The number of aliphatic hydroxyl groups excluding tert-OH is 11. The fourth-order valence-corrected chi connectivity index (χ4v) is 5.37. The predicted molar refractivity (Wildman–Crippen MR) is 136 cm³/mol. The highest BCUT2D eigenvalue weighted by atomic mass is 16.8. The van der Waals surface area contributed by atoms with E-state index in [-0.39, 0.29) is 0 Å². The summed E-state index contributed by atoms with van der Waals surface area (Å²) < 4.78 is 32.0. The molecule has 0 radical (unpaired) electrons. The van der Waals surface area contributed by atoms with Gasteiger partial charge in [-0.1, -0.05) is 0 Å². The summed E-state index contributed by atoms with van der Waals surface area (Å²) in [5.74, 6) is -6.06. The number of carbonyl (C=O) groups excluding carboxylic acids is 1. The van der Waals surface area contributed by atoms with Crippen LogP contribution in [-0.4, -0.2) is 204 Å². The summed E-state index contributed by atoms with van der Waals surface area (Å²) in [6.45, 7) is -3.77. The van der Waals surface area contributed by atoms with Gasteiger partial charge in [-0.15, -0.1) is 0 Å². The highest BCUT2D eigenvalue weighted by molar-refractivity contribution is 5.78. The molecule has 45 heavy (non-hydrogen) atoms. The maximum absolute atomic E-state index is 12.7. The second-order valence-corrected chi connectivity index (χ2v) is 10.7. The SMILES string of the molecule is CO[C@H](CO)[C@@H](O)[C@@H]1O[C@@](O[C@H]2[C@@H](O)[C@@H](CO)O[C@@H](O[C@H]3[C@H](O)[C@@H](O)[C@H](O)O[C@@H]3CO)[C@@H]2O)(C(=O)O)C[C@H](O)[C@H]1NC(=O)CO. The van der Waals surface area contributed by atoms with Crippen LogP contribution in [0.3, 0.4) is 0 Å². The lowest BCUT2D eigenvalue weighted by molar-refractivity contribution is -0.385. The number of carboxylic acids is 1. The molecule has 1 amide bonds. The summed E-state index contributed by atoms with van der Waals surface area (Å²) in [7, 11) is 1.07. The number of aliphatic carboxylic acids is 1. The molecule has 262 valence electrons. The van der Waals surface area contributed by atoms with E-state index in [4.69, 9.17) is 33.5 Å². The molecule has 13 N–H and O–H groups in total. The maximum atomic E-state index is 12.7. The van der Waals surface area contributed by atoms with Crippen LogP contribution < -0.4 is 5.32 Å². The third-order valence-corrected chi connectivity index (χ3v) is 7.85. The van der Waals surface area contributed by atoms with Crippen LogP contribution in [0.15, 0.2) is 0 Å². The van der Waals surface area contributed by atoms with Crippen molar-refractivity contribution in [1.82, 2.24) is 5.32 Å². The van der Waals surface area contributed by atoms with E-state index in [1.807, 2.05) is 0 Å². The molecule has 3 aliphatic heterocycles. The first-order valence-electron chi connectivity index (χ1n) is 13.8. The van der Waals surface area contributed by atoms with E-state index >= 15 is 0 Å². The third kappa shape index (κ3) is 7.88. The Kier molecular flexibility index (Phi) is 13.3. The van der Waals surface area contributed by atoms with Crippen LogP contribution >= 0.6 is 0 Å². The fraction of sp³-hybridized carbons (Fsp3) is 0.917. The molecule has 0 aromatic heterocycles. The van der Waals surface area contributed by atoms with E-state index in [1.54, 1.807) is 0 Å². The number of carboxylic acid groups (broad SMARTS) is 1. The van der Waals surface area contributed by atoms with Gasteiger partial charge >= 0.3 is 5.97 Å². The van der Waals surface area contributed by atoms with Gasteiger partial charge in [-0.3, -0.25) is 4.79 Å². The Labute approximate surface area is 254 Å². The minimum absolute atomic E-state index is 0.846. The zero-order chi connectivity index (χ0) is 33.8. The van der Waals surface area contributed by atoms with Gasteiger partial charge in [0.2, 0.25) is 5.91 Å². The zero-order valence-corrected chi connectivity index (χ0v) is 23.8. The summed E-state index contributed by atoms with van der Waals surface area (Å²) in [6.07, 6.45) is -27.3. The Hall–Kier alpha value is -1.74. The minimum Gasteiger partial charge on any atom is -0.477 e. The second-order valence-electron chi connectivity index (χ2n) is 10.7. The lowest BCUT2D eigenvalue weighted by Gasteiger charge is -2.50. The molecule has 0 unspecified atom stereocenters. The molecule has 21 nitrogen and oxygen atoms in total. The standard InChI is InChI=1S/C24H41NO20/c1-40-8(3-26)13(32)19-12(25-11(31)6-29)7(30)2-24(44-19,23(38)39)45-20-14(33)9(4-27)42-22(17(20)36)43-18-10(5-28)41-21(37)16(35)15(18)34/h7-10,12-22,26-30,32-37H,2-6H2,1H3,(H,25,31)(H,38,39)/t7-,8+,9+,10+,12+,13+,14-,15+,16+,17+,18+,19+,20-,21+,22-,24-/m0/s1. The van der Waals surface area contributed by atoms with Crippen molar-refractivity contribution < 1.29 is 99.3 Å². The van der Waals surface area contributed by atoms with E-state index < -0.39 is 142 Å². The van der Waals surface area contributed by atoms with Crippen molar-refractivity contribution in [2.24, 2.45) is 0 Å². The van der Waals surface area contributed by atoms with Crippen molar-refractivity contribution in [3.63, 3.8) is 0 Å². The van der Waals surface area contributed by atoms with Crippen LogP contribution in [0.5, 0.6) is 0 Å². The van der Waals surface area contributed by atoms with Crippen LogP contribution in [0, 0.1) is 0 Å². The summed E-state index contributed by atoms with van der Waals surface area (Å²) in [5.41, 5.74) is 0. The molecular formula is C24H41NO20. The average molecular weight is 664 g/mol. The Morgan fingerprint density at radius 1 is 0.911 bits per heavy atom. The van der Waals surface area contributed by atoms with Crippen LogP contribution in [0.2, 0.25) is 0 Å². The van der Waals surface area contributed by atoms with Crippen molar-refractivity contribution in [2.75, 3.05) is 33.5 Å². The Bertz CT molecular complexity index is 971. The van der Waals surface area contributed by atoms with Gasteiger partial charge < -0.3 is 95.0 Å². The van der Waals surface area contributed by atoms with E-state index in [1.165, 1.54) is 0 Å². The number of rotatable bonds is 13. The largest absolute Gasteiger partial charge is 0.477 e. The van der Waals surface area contributed by atoms with E-state index in [9.17, 15) is 65.8 Å². The number of methoxy groups -OCH3 is 1. The molecule has 3 fully saturated rings. The smallest absolute Gasteiger partial charge is 0.364 e. The van der Waals surface area contributed by atoms with Crippen molar-refractivity contribution in [3.8, 4) is 0 Å². The number of aliphatic hydroxyl groups is 11. The number of carbonyl (C=O) groups is 2. The molecule has 3 rings (SSSR count). The minimum atomic E-state index is -3.03. The molecule has 0 aliphatic carbocycles. The van der Waals surface area contributed by atoms with Crippen molar-refractivity contribution in [1.29, 1.82) is 0 Å². The van der Waals surface area contributed by atoms with Crippen LogP contribution in [0.1, 0.15) is 6.42 Å². The normalized spacial score (nSPS) is 43.8. The quantitative estimate of drug-likeness (QED) is 0.0869. The van der Waals surface area contributed by atoms with Gasteiger partial charge in [-0.2, -0.15) is 0 Å². The summed E-state index contributed by atoms with van der Waals surface area (Å²) >= 11 is 0. The Morgan fingerprint density at radius 3 is 2.09 bits per heavy atom. The van der Waals surface area contributed by atoms with E-state index in [0.29, 0.717) is 0 Å². The first-order chi connectivity index (χ1) is 21.2. The first-order valence-corrected chi connectivity index (χ1v) is 13.8. The van der Waals surface area contributed by atoms with Gasteiger partial charge in [0.05, 0.1) is 32.0 Å². The van der Waals surface area contributed by atoms with Crippen LogP contribution in [-0.2, 0) is 38.0 Å². The van der Waals surface area contributed by atoms with E-state index in [0.717, 1.165) is 7.11 Å². The molecule has 0 saturated carbocycles. The molecular weight excluding hydrogens is 622 g/mol. The van der Waals surface area contributed by atoms with Gasteiger partial charge in [0.1, 0.15) is 73.8 Å². The monoisotopic (exact) mass is 663 g/mol. The van der Waals surface area contributed by atoms with E-state index in [2.05, 4.69) is 5.32 Å². The molecule has 3 heterocycles. The third-order valence-electron chi connectivity index (χ3n) is 7.85. The molecule has 16 atom stereocenters. The molecule has 0 aromatic rings. The highest BCUT2D eigenvalue weighted by Gasteiger charge is 2.60. The predicted octanol–water partition coefficient (Wildman–Crippen LogP) is -8.60. The number of hydrogen-bond donors (Lipinski definition) is 13. The summed E-state index contributed by atoms with van der Waals surface area (Å²) in [4.78, 5) is 24.6. The fourth-order valence-electron chi connectivity index (χ4n) is 5.37. The van der Waals surface area contributed by atoms with Crippen molar-refractivity contribution >= 4 is 11.9 Å². The second kappa shape index (κ2) is 15.9.